The van der Waals surface area contributed by atoms with Gasteiger partial charge in [0, 0.05) is 6.04 Å². The predicted molar refractivity (Wildman–Crippen MR) is 67.4 cm³/mol. The van der Waals surface area contributed by atoms with Gasteiger partial charge in [-0.25, -0.2) is 13.2 Å². The zero-order chi connectivity index (χ0) is 15.0. The van der Waals surface area contributed by atoms with Crippen molar-refractivity contribution in [2.75, 3.05) is 0 Å². The summed E-state index contributed by atoms with van der Waals surface area (Å²) < 4.78 is 41.0. The normalized spacial score (nSPS) is 11.2. The monoisotopic (exact) mass is 302 g/mol. The summed E-state index contributed by atoms with van der Waals surface area (Å²) in [5.41, 5.74) is -0.653. The van der Waals surface area contributed by atoms with Gasteiger partial charge in [0.05, 0.1) is 16.8 Å². The van der Waals surface area contributed by atoms with Crippen LogP contribution in [0.5, 0.6) is 0 Å². The Balaban J connectivity index is 2.58. The molecule has 0 fully saturated rings. The Hall–Kier alpha value is -1.82. The minimum absolute atomic E-state index is 0.0211. The number of benzene rings is 1. The average Bonchev–Trinajstić information content (AvgIpc) is 2.77. The van der Waals surface area contributed by atoms with Crippen molar-refractivity contribution >= 4 is 17.4 Å². The van der Waals surface area contributed by atoms with Crippen molar-refractivity contribution in [1.29, 1.82) is 0 Å². The van der Waals surface area contributed by atoms with E-state index >= 15 is 0 Å². The fourth-order valence-electron chi connectivity index (χ4n) is 1.77. The second-order valence-corrected chi connectivity index (χ2v) is 4.84. The van der Waals surface area contributed by atoms with Crippen molar-refractivity contribution in [3.8, 4) is 0 Å². The molecule has 7 heteroatoms. The van der Waals surface area contributed by atoms with E-state index in [2.05, 4.69) is 5.10 Å². The van der Waals surface area contributed by atoms with Gasteiger partial charge >= 0.3 is 0 Å². The molecule has 0 radical (unpaired) electrons. The zero-order valence-corrected chi connectivity index (χ0v) is 11.4. The number of ketones is 1. The molecule has 0 atom stereocenters. The van der Waals surface area contributed by atoms with Crippen molar-refractivity contribution in [2.45, 2.75) is 19.9 Å². The van der Waals surface area contributed by atoms with Crippen LogP contribution in [-0.4, -0.2) is 15.6 Å². The van der Waals surface area contributed by atoms with E-state index in [1.54, 1.807) is 13.8 Å². The summed E-state index contributed by atoms with van der Waals surface area (Å²) in [5, 5.41) is 3.93. The smallest absolute Gasteiger partial charge is 0.215 e. The molecule has 0 aliphatic rings. The molecule has 0 saturated heterocycles. The van der Waals surface area contributed by atoms with E-state index in [-0.39, 0.29) is 16.8 Å². The van der Waals surface area contributed by atoms with Crippen molar-refractivity contribution < 1.29 is 18.0 Å². The molecule has 0 spiro atoms. The molecular formula is C13H10ClF3N2O. The predicted octanol–water partition coefficient (Wildman–Crippen LogP) is 3.77. The second-order valence-electron chi connectivity index (χ2n) is 4.43. The van der Waals surface area contributed by atoms with Crippen molar-refractivity contribution in [3.05, 3.63) is 52.1 Å². The van der Waals surface area contributed by atoms with Crippen molar-refractivity contribution in [1.82, 2.24) is 9.78 Å². The zero-order valence-electron chi connectivity index (χ0n) is 10.6. The fourth-order valence-corrected chi connectivity index (χ4v) is 1.99. The van der Waals surface area contributed by atoms with Crippen LogP contribution in [0.25, 0.3) is 0 Å². The molecule has 3 nitrogen and oxygen atoms in total. The first kappa shape index (κ1) is 14.6. The summed E-state index contributed by atoms with van der Waals surface area (Å²) in [4.78, 5) is 12.3. The minimum atomic E-state index is -1.69. The van der Waals surface area contributed by atoms with E-state index in [9.17, 15) is 18.0 Å². The van der Waals surface area contributed by atoms with Crippen molar-refractivity contribution in [2.24, 2.45) is 0 Å². The number of rotatable bonds is 3. The second kappa shape index (κ2) is 5.28. The van der Waals surface area contributed by atoms with E-state index in [0.29, 0.717) is 6.07 Å². The number of carbonyl (C=O) groups excluding carboxylic acids is 1. The van der Waals surface area contributed by atoms with Gasteiger partial charge in [0.15, 0.2) is 17.5 Å². The highest BCUT2D eigenvalue weighted by atomic mass is 35.5. The average molecular weight is 303 g/mol. The van der Waals surface area contributed by atoms with Gasteiger partial charge in [0.1, 0.15) is 5.69 Å². The summed E-state index contributed by atoms with van der Waals surface area (Å²) in [6.45, 7) is 3.50. The molecule has 1 heterocycles. The summed E-state index contributed by atoms with van der Waals surface area (Å²) in [6.07, 6.45) is 1.24. The van der Waals surface area contributed by atoms with Crippen LogP contribution in [0, 0.1) is 17.5 Å². The molecule has 0 aliphatic heterocycles. The third-order valence-electron chi connectivity index (χ3n) is 2.73. The molecule has 1 aromatic heterocycles. The molecule has 0 unspecified atom stereocenters. The van der Waals surface area contributed by atoms with Crippen LogP contribution in [0.2, 0.25) is 5.02 Å². The number of hydrogen-bond acceptors (Lipinski definition) is 2. The highest BCUT2D eigenvalue weighted by molar-refractivity contribution is 6.34. The number of nitrogens with zero attached hydrogens (tertiary/aromatic N) is 2. The van der Waals surface area contributed by atoms with Gasteiger partial charge in [-0.1, -0.05) is 11.6 Å². The largest absolute Gasteiger partial charge is 0.287 e. The van der Waals surface area contributed by atoms with Gasteiger partial charge < -0.3 is 0 Å². The van der Waals surface area contributed by atoms with Crippen LogP contribution >= 0.6 is 11.6 Å². The Morgan fingerprint density at radius 3 is 2.50 bits per heavy atom. The van der Waals surface area contributed by atoms with Gasteiger partial charge in [-0.15, -0.1) is 0 Å². The molecular weight excluding hydrogens is 293 g/mol. The molecule has 1 aromatic carbocycles. The maximum Gasteiger partial charge on any atom is 0.215 e. The van der Waals surface area contributed by atoms with Crippen LogP contribution in [-0.2, 0) is 0 Å². The third kappa shape index (κ3) is 2.31. The van der Waals surface area contributed by atoms with E-state index in [4.69, 9.17) is 11.6 Å². The van der Waals surface area contributed by atoms with E-state index in [1.165, 1.54) is 10.9 Å². The topological polar surface area (TPSA) is 34.9 Å². The van der Waals surface area contributed by atoms with E-state index in [0.717, 1.165) is 6.07 Å². The fraction of sp³-hybridized carbons (Fsp3) is 0.231. The van der Waals surface area contributed by atoms with Crippen molar-refractivity contribution in [3.63, 3.8) is 0 Å². The lowest BCUT2D eigenvalue weighted by Gasteiger charge is -2.11. The van der Waals surface area contributed by atoms with Gasteiger partial charge in [-0.3, -0.25) is 9.48 Å². The molecule has 20 heavy (non-hydrogen) atoms. The van der Waals surface area contributed by atoms with Gasteiger partial charge in [-0.05, 0) is 26.0 Å². The highest BCUT2D eigenvalue weighted by Gasteiger charge is 2.25. The first-order chi connectivity index (χ1) is 9.34. The molecule has 2 aromatic rings. The first-order valence-electron chi connectivity index (χ1n) is 5.75. The van der Waals surface area contributed by atoms with Gasteiger partial charge in [-0.2, -0.15) is 5.10 Å². The Labute approximate surface area is 118 Å². The Kier molecular flexibility index (Phi) is 3.85. The molecule has 0 bridgehead atoms. The Morgan fingerprint density at radius 1 is 1.25 bits per heavy atom. The molecule has 0 saturated carbocycles. The number of carbonyl (C=O) groups is 1. The molecule has 0 N–H and O–H groups in total. The lowest BCUT2D eigenvalue weighted by molar-refractivity contribution is 0.102. The van der Waals surface area contributed by atoms with Crippen LogP contribution < -0.4 is 0 Å². The molecule has 0 aliphatic carbocycles. The van der Waals surface area contributed by atoms with Gasteiger partial charge in [0.25, 0.3) is 0 Å². The maximum absolute atomic E-state index is 13.7. The van der Waals surface area contributed by atoms with Crippen LogP contribution in [0.15, 0.2) is 18.3 Å². The summed E-state index contributed by atoms with van der Waals surface area (Å²) in [6, 6.07) is 1.37. The Bertz CT molecular complexity index is 682. The van der Waals surface area contributed by atoms with Crippen LogP contribution in [0.4, 0.5) is 13.2 Å². The first-order valence-corrected chi connectivity index (χ1v) is 6.13. The summed E-state index contributed by atoms with van der Waals surface area (Å²) >= 11 is 5.86. The molecule has 106 valence electrons. The van der Waals surface area contributed by atoms with Gasteiger partial charge in [0.2, 0.25) is 5.78 Å². The van der Waals surface area contributed by atoms with E-state index in [1.807, 2.05) is 0 Å². The number of aromatic nitrogens is 2. The van der Waals surface area contributed by atoms with E-state index < -0.39 is 28.8 Å². The van der Waals surface area contributed by atoms with Crippen LogP contribution in [0.1, 0.15) is 35.9 Å². The minimum Gasteiger partial charge on any atom is -0.287 e. The van der Waals surface area contributed by atoms with Crippen LogP contribution in [0.3, 0.4) is 0 Å². The number of hydrogen-bond donors (Lipinski definition) is 0. The Morgan fingerprint density at radius 2 is 1.90 bits per heavy atom. The maximum atomic E-state index is 13.7. The lowest BCUT2D eigenvalue weighted by atomic mass is 10.1. The SMILES string of the molecule is CC(C)n1ncc(Cl)c1C(=O)c1ccc(F)c(F)c1F. The lowest BCUT2D eigenvalue weighted by Crippen LogP contribution is -2.15. The number of halogens is 4. The quantitative estimate of drug-likeness (QED) is 0.639. The highest BCUT2D eigenvalue weighted by Crippen LogP contribution is 2.24. The standard InChI is InChI=1S/C13H10ClF3N2O/c1-6(2)19-12(8(14)5-18-19)13(20)7-3-4-9(15)11(17)10(7)16/h3-6H,1-2H3. The molecule has 0 amide bonds. The summed E-state index contributed by atoms with van der Waals surface area (Å²) in [7, 11) is 0. The third-order valence-corrected chi connectivity index (χ3v) is 3.01. The molecule has 2 rings (SSSR count). The summed E-state index contributed by atoms with van der Waals surface area (Å²) in [5.74, 6) is -5.44.